The molecular weight excluding hydrogens is 1070 g/mol. The lowest BCUT2D eigenvalue weighted by Crippen LogP contribution is -2.65. The van der Waals surface area contributed by atoms with Crippen LogP contribution >= 0.6 is 0 Å². The molecule has 0 aromatic heterocycles. The van der Waals surface area contributed by atoms with Gasteiger partial charge >= 0.3 is 0 Å². The van der Waals surface area contributed by atoms with Crippen molar-refractivity contribution in [3.05, 3.63) is 48.6 Å². The lowest BCUT2D eigenvalue weighted by molar-refractivity contribution is -0.359. The molecule has 2 aliphatic rings. The van der Waals surface area contributed by atoms with Gasteiger partial charge in [-0.3, -0.25) is 4.79 Å². The highest BCUT2D eigenvalue weighted by atomic mass is 16.7. The van der Waals surface area contributed by atoms with Crippen LogP contribution in [0.3, 0.4) is 0 Å². The van der Waals surface area contributed by atoms with Crippen LogP contribution in [0.15, 0.2) is 48.6 Å². The van der Waals surface area contributed by atoms with Gasteiger partial charge in [0.2, 0.25) is 5.91 Å². The molecule has 9 N–H and O–H groups in total. The van der Waals surface area contributed by atoms with Crippen LogP contribution in [0, 0.1) is 0 Å². The molecule has 0 radical (unpaired) electrons. The van der Waals surface area contributed by atoms with Crippen molar-refractivity contribution >= 4 is 5.91 Å². The number of hydrogen-bond acceptors (Lipinski definition) is 13. The maximum Gasteiger partial charge on any atom is 0.220 e. The third-order valence-electron chi connectivity index (χ3n) is 17.2. The lowest BCUT2D eigenvalue weighted by Gasteiger charge is -2.46. The van der Waals surface area contributed by atoms with Crippen LogP contribution in [0.2, 0.25) is 0 Å². The second-order valence-corrected chi connectivity index (χ2v) is 25.0. The van der Waals surface area contributed by atoms with Gasteiger partial charge < -0.3 is 65.1 Å². The Hall–Kier alpha value is -2.05. The van der Waals surface area contributed by atoms with Crippen molar-refractivity contribution in [2.24, 2.45) is 0 Å². The van der Waals surface area contributed by atoms with Crippen molar-refractivity contribution in [1.29, 1.82) is 0 Å². The van der Waals surface area contributed by atoms with Crippen LogP contribution in [0.25, 0.3) is 0 Å². The molecule has 12 unspecified atom stereocenters. The number of allylic oxidation sites excluding steroid dienone is 7. The molecule has 1 amide bonds. The zero-order chi connectivity index (χ0) is 61.6. The van der Waals surface area contributed by atoms with Gasteiger partial charge in [0.25, 0.3) is 0 Å². The number of amides is 1. The standard InChI is InChI=1S/C71H131NO13/c1-3-5-7-9-11-13-15-17-19-21-23-25-27-29-31-32-34-36-38-40-42-44-46-48-50-52-54-60(75)59(58-82-70-68(81)66(79)69(62(57-74)84-70)85-71-67(80)65(78)64(77)61(56-73)83-71)72-63(76)55-53-51-49-47-45-43-41-39-37-35-33-30-28-26-24-22-20-18-16-14-12-10-8-6-4-2/h22,24,36,38,44,46,52,54,59-62,64-71,73-75,77-81H,3-21,23,25-35,37,39-43,45,47-51,53,55-58H2,1-2H3,(H,72,76)/b24-22-,38-36+,46-44+,54-52+. The number of carbonyl (C=O) groups excluding carboxylic acids is 1. The van der Waals surface area contributed by atoms with E-state index in [2.05, 4.69) is 55.6 Å². The third kappa shape index (κ3) is 40.3. The third-order valence-corrected chi connectivity index (χ3v) is 17.2. The van der Waals surface area contributed by atoms with E-state index in [0.717, 1.165) is 44.9 Å². The lowest BCUT2D eigenvalue weighted by atomic mass is 9.97. The molecule has 2 aliphatic heterocycles. The average molecular weight is 1210 g/mol. The molecule has 14 heteroatoms. The Morgan fingerprint density at radius 3 is 1.15 bits per heavy atom. The molecule has 2 rings (SSSR count). The highest BCUT2D eigenvalue weighted by molar-refractivity contribution is 5.76. The first-order chi connectivity index (χ1) is 41.6. The number of carbonyl (C=O) groups is 1. The fourth-order valence-corrected chi connectivity index (χ4v) is 11.6. The van der Waals surface area contributed by atoms with Crippen molar-refractivity contribution in [3.8, 4) is 0 Å². The molecule has 0 aromatic carbocycles. The summed E-state index contributed by atoms with van der Waals surface area (Å²) in [6.45, 7) is 2.81. The fraction of sp³-hybridized carbons (Fsp3) is 0.873. The summed E-state index contributed by atoms with van der Waals surface area (Å²) in [5, 5.41) is 87.4. The summed E-state index contributed by atoms with van der Waals surface area (Å²) in [5.74, 6) is -0.250. The van der Waals surface area contributed by atoms with Crippen molar-refractivity contribution in [2.45, 2.75) is 376 Å². The summed E-state index contributed by atoms with van der Waals surface area (Å²) in [4.78, 5) is 13.3. The predicted octanol–water partition coefficient (Wildman–Crippen LogP) is 14.3. The number of aliphatic hydroxyl groups excluding tert-OH is 8. The zero-order valence-corrected chi connectivity index (χ0v) is 54.1. The molecule has 2 saturated heterocycles. The Kier molecular flexibility index (Phi) is 52.1. The molecule has 0 aromatic rings. The van der Waals surface area contributed by atoms with E-state index in [1.54, 1.807) is 6.08 Å². The Morgan fingerprint density at radius 2 is 0.753 bits per heavy atom. The molecule has 2 heterocycles. The van der Waals surface area contributed by atoms with E-state index in [1.165, 1.54) is 225 Å². The van der Waals surface area contributed by atoms with E-state index >= 15 is 0 Å². The van der Waals surface area contributed by atoms with Gasteiger partial charge in [0.05, 0.1) is 32.0 Å². The first kappa shape index (κ1) is 79.0. The highest BCUT2D eigenvalue weighted by Gasteiger charge is 2.51. The normalized spacial score (nSPS) is 23.8. The summed E-state index contributed by atoms with van der Waals surface area (Å²) >= 11 is 0. The number of ether oxygens (including phenoxy) is 4. The number of rotatable bonds is 58. The van der Waals surface area contributed by atoms with Gasteiger partial charge in [0.1, 0.15) is 48.8 Å². The molecule has 0 aliphatic carbocycles. The summed E-state index contributed by atoms with van der Waals surface area (Å²) in [7, 11) is 0. The van der Waals surface area contributed by atoms with E-state index < -0.39 is 86.8 Å². The number of hydrogen-bond donors (Lipinski definition) is 9. The van der Waals surface area contributed by atoms with Gasteiger partial charge in [0.15, 0.2) is 12.6 Å². The first-order valence-electron chi connectivity index (χ1n) is 35.4. The number of aliphatic hydroxyl groups is 8. The molecule has 0 spiro atoms. The quantitative estimate of drug-likeness (QED) is 0.0204. The summed E-state index contributed by atoms with van der Waals surface area (Å²) in [5.41, 5.74) is 0. The van der Waals surface area contributed by atoms with Gasteiger partial charge in [-0.15, -0.1) is 0 Å². The zero-order valence-electron chi connectivity index (χ0n) is 54.1. The van der Waals surface area contributed by atoms with Crippen LogP contribution in [0.5, 0.6) is 0 Å². The van der Waals surface area contributed by atoms with Gasteiger partial charge in [-0.25, -0.2) is 0 Å². The van der Waals surface area contributed by atoms with E-state index in [-0.39, 0.29) is 18.9 Å². The molecule has 14 nitrogen and oxygen atoms in total. The Morgan fingerprint density at radius 1 is 0.412 bits per heavy atom. The van der Waals surface area contributed by atoms with Crippen molar-refractivity contribution < 1.29 is 64.6 Å². The maximum absolute atomic E-state index is 13.3. The number of unbranched alkanes of at least 4 members (excludes halogenated alkanes) is 39. The van der Waals surface area contributed by atoms with Gasteiger partial charge in [-0.1, -0.05) is 274 Å². The number of nitrogens with one attached hydrogen (secondary N) is 1. The van der Waals surface area contributed by atoms with E-state index in [4.69, 9.17) is 18.9 Å². The van der Waals surface area contributed by atoms with E-state index in [0.29, 0.717) is 12.8 Å². The Bertz CT molecular complexity index is 1610. The minimum absolute atomic E-state index is 0.250. The average Bonchev–Trinajstić information content (AvgIpc) is 3.29. The molecular formula is C71H131NO13. The SMILES string of the molecule is CCCCCCCCCC/C=C\CCCCCCCCCCCCCCCC(=O)NC(COC1OC(CO)C(OC2OC(CO)C(O)C(O)C2O)C(O)C1O)C(O)/C=C/CC/C=C/CC/C=C/CCCCCCCCCCCCCCCCCC. The molecule has 498 valence electrons. The summed E-state index contributed by atoms with van der Waals surface area (Å²) in [6.07, 6.45) is 56.0. The monoisotopic (exact) mass is 1210 g/mol. The minimum Gasteiger partial charge on any atom is -0.394 e. The van der Waals surface area contributed by atoms with Crippen LogP contribution in [-0.2, 0) is 23.7 Å². The van der Waals surface area contributed by atoms with Crippen LogP contribution in [-0.4, -0.2) is 140 Å². The van der Waals surface area contributed by atoms with Crippen molar-refractivity contribution in [1.82, 2.24) is 5.32 Å². The summed E-state index contributed by atoms with van der Waals surface area (Å²) in [6, 6.07) is -0.940. The smallest absolute Gasteiger partial charge is 0.220 e. The largest absolute Gasteiger partial charge is 0.394 e. The second-order valence-electron chi connectivity index (χ2n) is 25.0. The highest BCUT2D eigenvalue weighted by Crippen LogP contribution is 2.30. The van der Waals surface area contributed by atoms with Gasteiger partial charge in [-0.05, 0) is 70.6 Å². The minimum atomic E-state index is -1.79. The Labute approximate surface area is 518 Å². The van der Waals surface area contributed by atoms with Crippen molar-refractivity contribution in [2.75, 3.05) is 19.8 Å². The fourth-order valence-electron chi connectivity index (χ4n) is 11.6. The van der Waals surface area contributed by atoms with Crippen LogP contribution in [0.1, 0.15) is 303 Å². The van der Waals surface area contributed by atoms with E-state index in [1.807, 2.05) is 6.08 Å². The van der Waals surface area contributed by atoms with Crippen LogP contribution in [0.4, 0.5) is 0 Å². The second kappa shape index (κ2) is 56.0. The van der Waals surface area contributed by atoms with Gasteiger partial charge in [-0.2, -0.15) is 0 Å². The first-order valence-corrected chi connectivity index (χ1v) is 35.4. The summed E-state index contributed by atoms with van der Waals surface area (Å²) < 4.78 is 22.8. The Balaban J connectivity index is 1.71. The molecule has 0 bridgehead atoms. The topological polar surface area (TPSA) is 228 Å². The molecule has 0 saturated carbocycles. The molecule has 85 heavy (non-hydrogen) atoms. The van der Waals surface area contributed by atoms with E-state index in [9.17, 15) is 45.6 Å². The molecule has 12 atom stereocenters. The predicted molar refractivity (Wildman–Crippen MR) is 346 cm³/mol. The van der Waals surface area contributed by atoms with Crippen molar-refractivity contribution in [3.63, 3.8) is 0 Å². The van der Waals surface area contributed by atoms with Gasteiger partial charge in [0, 0.05) is 6.42 Å². The molecule has 2 fully saturated rings. The van der Waals surface area contributed by atoms with Crippen LogP contribution < -0.4 is 5.32 Å². The maximum atomic E-state index is 13.3.